The summed E-state index contributed by atoms with van der Waals surface area (Å²) in [7, 11) is 0. The average molecular weight is 261 g/mol. The summed E-state index contributed by atoms with van der Waals surface area (Å²) in [4.78, 5) is 12.6. The Morgan fingerprint density at radius 1 is 0.900 bits per heavy atom. The summed E-state index contributed by atoms with van der Waals surface area (Å²) in [6.07, 6.45) is 2.21. The lowest BCUT2D eigenvalue weighted by atomic mass is 9.92. The first-order valence-corrected chi connectivity index (χ1v) is 7.04. The number of ketones is 1. The number of unbranched alkanes of at least 4 members (excludes halogenated alkanes) is 1. The highest BCUT2D eigenvalue weighted by Crippen LogP contribution is 2.29. The van der Waals surface area contributed by atoms with Crippen LogP contribution < -0.4 is 0 Å². The molecule has 0 aliphatic rings. The van der Waals surface area contributed by atoms with Crippen molar-refractivity contribution in [2.75, 3.05) is 0 Å². The van der Waals surface area contributed by atoms with E-state index in [0.717, 1.165) is 39.9 Å². The summed E-state index contributed by atoms with van der Waals surface area (Å²) >= 11 is 0. The van der Waals surface area contributed by atoms with E-state index in [0.29, 0.717) is 6.42 Å². The Morgan fingerprint density at radius 3 is 2.00 bits per heavy atom. The molecule has 20 heavy (non-hydrogen) atoms. The van der Waals surface area contributed by atoms with Crippen LogP contribution in [0.4, 0.5) is 0 Å². The molecule has 1 heteroatoms. The third-order valence-electron chi connectivity index (χ3n) is 3.70. The Balaban J connectivity index is 2.30. The maximum Gasteiger partial charge on any atom is 0.164 e. The first kappa shape index (κ1) is 12.9. The molecule has 3 aromatic rings. The van der Waals surface area contributed by atoms with Crippen LogP contribution in [0.25, 0.3) is 21.5 Å². The summed E-state index contributed by atoms with van der Waals surface area (Å²) in [6, 6.07) is 18.4. The van der Waals surface area contributed by atoms with Gasteiger partial charge in [0.2, 0.25) is 0 Å². The van der Waals surface area contributed by atoms with E-state index in [1.54, 1.807) is 0 Å². The highest BCUT2D eigenvalue weighted by molar-refractivity contribution is 6.18. The molecule has 0 unspecified atom stereocenters. The molecule has 0 atom stereocenters. The normalized spacial score (nSPS) is 11.1. The molecule has 0 heterocycles. The van der Waals surface area contributed by atoms with Gasteiger partial charge in [-0.1, -0.05) is 61.9 Å². The second-order valence-corrected chi connectivity index (χ2v) is 5.07. The number of benzene rings is 3. The standard InChI is InChI=1S/C19H17O/c1-2-3-12-18(20)19-16-10-6-4-8-14(16)13-15-9-5-7-11-17(15)19/h4-11,13H,1-3,12H2. The second kappa shape index (κ2) is 5.46. The maximum absolute atomic E-state index is 12.6. The summed E-state index contributed by atoms with van der Waals surface area (Å²) < 4.78 is 0. The van der Waals surface area contributed by atoms with Gasteiger partial charge in [0.05, 0.1) is 0 Å². The van der Waals surface area contributed by atoms with Crippen molar-refractivity contribution in [3.05, 3.63) is 67.1 Å². The Morgan fingerprint density at radius 2 is 1.45 bits per heavy atom. The third kappa shape index (κ3) is 2.20. The molecule has 0 bridgehead atoms. The number of carbonyl (C=O) groups excluding carboxylic acids is 1. The molecule has 0 spiro atoms. The largest absolute Gasteiger partial charge is 0.294 e. The van der Waals surface area contributed by atoms with E-state index in [-0.39, 0.29) is 5.78 Å². The van der Waals surface area contributed by atoms with Crippen molar-refractivity contribution < 1.29 is 4.79 Å². The fourth-order valence-corrected chi connectivity index (χ4v) is 2.72. The zero-order chi connectivity index (χ0) is 13.9. The zero-order valence-corrected chi connectivity index (χ0v) is 11.4. The van der Waals surface area contributed by atoms with Gasteiger partial charge in [-0.05, 0) is 34.0 Å². The van der Waals surface area contributed by atoms with E-state index < -0.39 is 0 Å². The first-order chi connectivity index (χ1) is 9.81. The lowest BCUT2D eigenvalue weighted by Gasteiger charge is -2.10. The molecule has 0 amide bonds. The van der Waals surface area contributed by atoms with Gasteiger partial charge in [0.15, 0.2) is 5.78 Å². The average Bonchev–Trinajstić information content (AvgIpc) is 2.50. The third-order valence-corrected chi connectivity index (χ3v) is 3.70. The fraction of sp³-hybridized carbons (Fsp3) is 0.158. The van der Waals surface area contributed by atoms with Crippen molar-refractivity contribution in [3.63, 3.8) is 0 Å². The molecule has 1 nitrogen and oxygen atoms in total. The van der Waals surface area contributed by atoms with Crippen LogP contribution in [0, 0.1) is 6.92 Å². The van der Waals surface area contributed by atoms with Gasteiger partial charge in [0.25, 0.3) is 0 Å². The molecular formula is C19H17O. The molecule has 99 valence electrons. The number of fused-ring (bicyclic) bond motifs is 2. The summed E-state index contributed by atoms with van der Waals surface area (Å²) in [5.41, 5.74) is 0.868. The van der Waals surface area contributed by atoms with E-state index in [1.165, 1.54) is 0 Å². The van der Waals surface area contributed by atoms with Crippen LogP contribution in [0.3, 0.4) is 0 Å². The molecule has 3 aromatic carbocycles. The highest BCUT2D eigenvalue weighted by atomic mass is 16.1. The van der Waals surface area contributed by atoms with Crippen molar-refractivity contribution in [2.45, 2.75) is 19.3 Å². The highest BCUT2D eigenvalue weighted by Gasteiger charge is 2.13. The minimum absolute atomic E-state index is 0.224. The van der Waals surface area contributed by atoms with E-state index >= 15 is 0 Å². The van der Waals surface area contributed by atoms with Crippen molar-refractivity contribution in [1.29, 1.82) is 0 Å². The number of carbonyl (C=O) groups is 1. The molecule has 0 saturated carbocycles. The Hall–Kier alpha value is -2.15. The van der Waals surface area contributed by atoms with Crippen molar-refractivity contribution in [2.24, 2.45) is 0 Å². The number of Topliss-reactive ketones (excluding diaryl/α,β-unsaturated/α-hetero) is 1. The van der Waals surface area contributed by atoms with E-state index in [4.69, 9.17) is 0 Å². The quantitative estimate of drug-likeness (QED) is 0.467. The molecule has 3 rings (SSSR count). The molecule has 0 aromatic heterocycles. The van der Waals surface area contributed by atoms with Crippen molar-refractivity contribution >= 4 is 27.3 Å². The molecule has 0 aliphatic carbocycles. The minimum atomic E-state index is 0.224. The fourth-order valence-electron chi connectivity index (χ4n) is 2.72. The minimum Gasteiger partial charge on any atom is -0.294 e. The van der Waals surface area contributed by atoms with Gasteiger partial charge in [-0.3, -0.25) is 4.79 Å². The van der Waals surface area contributed by atoms with Crippen LogP contribution in [0.5, 0.6) is 0 Å². The lowest BCUT2D eigenvalue weighted by molar-refractivity contribution is 0.0983. The van der Waals surface area contributed by atoms with Crippen molar-refractivity contribution in [1.82, 2.24) is 0 Å². The van der Waals surface area contributed by atoms with Crippen LogP contribution in [-0.2, 0) is 0 Å². The van der Waals surface area contributed by atoms with Gasteiger partial charge in [-0.2, -0.15) is 0 Å². The number of hydrogen-bond donors (Lipinski definition) is 0. The van der Waals surface area contributed by atoms with Gasteiger partial charge in [0.1, 0.15) is 0 Å². The van der Waals surface area contributed by atoms with Crippen LogP contribution in [0.1, 0.15) is 29.6 Å². The van der Waals surface area contributed by atoms with Gasteiger partial charge in [-0.25, -0.2) is 0 Å². The van der Waals surface area contributed by atoms with Gasteiger partial charge in [-0.15, -0.1) is 0 Å². The second-order valence-electron chi connectivity index (χ2n) is 5.07. The molecule has 0 N–H and O–H groups in total. The van der Waals surface area contributed by atoms with Crippen molar-refractivity contribution in [3.8, 4) is 0 Å². The Kier molecular flexibility index (Phi) is 3.51. The molecule has 0 aliphatic heterocycles. The SMILES string of the molecule is [CH2]CCCC(=O)c1c2ccccc2cc2ccccc12. The predicted octanol–water partition coefficient (Wildman–Crippen LogP) is 5.18. The Labute approximate surface area is 119 Å². The lowest BCUT2D eigenvalue weighted by Crippen LogP contribution is -2.01. The predicted molar refractivity (Wildman–Crippen MR) is 85.0 cm³/mol. The molecule has 1 radical (unpaired) electrons. The van der Waals surface area contributed by atoms with Crippen LogP contribution in [-0.4, -0.2) is 5.78 Å². The first-order valence-electron chi connectivity index (χ1n) is 7.04. The molecular weight excluding hydrogens is 244 g/mol. The van der Waals surface area contributed by atoms with Gasteiger partial charge in [0, 0.05) is 12.0 Å². The molecule has 0 fully saturated rings. The van der Waals surface area contributed by atoms with Gasteiger partial charge >= 0.3 is 0 Å². The van der Waals surface area contributed by atoms with Crippen LogP contribution in [0.15, 0.2) is 54.6 Å². The number of rotatable bonds is 4. The van der Waals surface area contributed by atoms with E-state index in [9.17, 15) is 4.79 Å². The smallest absolute Gasteiger partial charge is 0.164 e. The van der Waals surface area contributed by atoms with E-state index in [2.05, 4.69) is 25.1 Å². The maximum atomic E-state index is 12.6. The molecule has 0 saturated heterocycles. The zero-order valence-electron chi connectivity index (χ0n) is 11.4. The summed E-state index contributed by atoms with van der Waals surface area (Å²) in [6.45, 7) is 3.82. The summed E-state index contributed by atoms with van der Waals surface area (Å²) in [5.74, 6) is 0.224. The van der Waals surface area contributed by atoms with Crippen LogP contribution in [0.2, 0.25) is 0 Å². The van der Waals surface area contributed by atoms with Crippen LogP contribution >= 0.6 is 0 Å². The number of hydrogen-bond acceptors (Lipinski definition) is 1. The Bertz CT molecular complexity index is 717. The monoisotopic (exact) mass is 261 g/mol. The summed E-state index contributed by atoms with van der Waals surface area (Å²) in [5, 5.41) is 4.37. The van der Waals surface area contributed by atoms with Gasteiger partial charge < -0.3 is 0 Å². The topological polar surface area (TPSA) is 17.1 Å². The van der Waals surface area contributed by atoms with E-state index in [1.807, 2.05) is 36.4 Å².